The van der Waals surface area contributed by atoms with E-state index in [2.05, 4.69) is 10.3 Å². The van der Waals surface area contributed by atoms with Crippen molar-refractivity contribution in [3.8, 4) is 11.3 Å². The molecule has 0 unspecified atom stereocenters. The van der Waals surface area contributed by atoms with Gasteiger partial charge in [0.1, 0.15) is 0 Å². The van der Waals surface area contributed by atoms with Crippen LogP contribution in [0.25, 0.3) is 11.3 Å². The van der Waals surface area contributed by atoms with Gasteiger partial charge in [0, 0.05) is 28.0 Å². The number of carbonyl (C=O) groups excluding carboxylic acids is 1. The molecule has 5 heteroatoms. The molecule has 1 heterocycles. The summed E-state index contributed by atoms with van der Waals surface area (Å²) >= 11 is 12.1. The van der Waals surface area contributed by atoms with Crippen LogP contribution in [0.4, 0.5) is 5.69 Å². The van der Waals surface area contributed by atoms with Crippen molar-refractivity contribution in [2.45, 2.75) is 0 Å². The normalized spacial score (nSPS) is 10.3. The lowest BCUT2D eigenvalue weighted by molar-refractivity contribution is 0.102. The molecule has 3 aromatic rings. The zero-order valence-electron chi connectivity index (χ0n) is 12.0. The minimum Gasteiger partial charge on any atom is -0.322 e. The third-order valence-electron chi connectivity index (χ3n) is 3.27. The maximum Gasteiger partial charge on any atom is 0.255 e. The van der Waals surface area contributed by atoms with Gasteiger partial charge in [-0.15, -0.1) is 0 Å². The quantitative estimate of drug-likeness (QED) is 0.700. The summed E-state index contributed by atoms with van der Waals surface area (Å²) in [6.45, 7) is 0. The third kappa shape index (κ3) is 3.70. The average molecular weight is 343 g/mol. The number of halogens is 2. The number of hydrogen-bond acceptors (Lipinski definition) is 2. The van der Waals surface area contributed by atoms with E-state index in [0.717, 1.165) is 11.3 Å². The minimum atomic E-state index is -0.212. The van der Waals surface area contributed by atoms with E-state index in [4.69, 9.17) is 23.2 Å². The van der Waals surface area contributed by atoms with Gasteiger partial charge in [0.2, 0.25) is 0 Å². The van der Waals surface area contributed by atoms with Crippen LogP contribution in [0.15, 0.2) is 66.9 Å². The summed E-state index contributed by atoms with van der Waals surface area (Å²) in [6, 6.07) is 17.6. The van der Waals surface area contributed by atoms with E-state index in [1.165, 1.54) is 0 Å². The van der Waals surface area contributed by atoms with Crippen LogP contribution in [0.3, 0.4) is 0 Å². The van der Waals surface area contributed by atoms with Crippen LogP contribution >= 0.6 is 23.2 Å². The number of carbonyl (C=O) groups is 1. The fourth-order valence-corrected chi connectivity index (χ4v) is 2.47. The Kier molecular flexibility index (Phi) is 4.60. The summed E-state index contributed by atoms with van der Waals surface area (Å²) in [5.41, 5.74) is 2.69. The number of nitrogens with zero attached hydrogens (tertiary/aromatic N) is 1. The number of hydrogen-bond donors (Lipinski definition) is 1. The predicted molar refractivity (Wildman–Crippen MR) is 94.1 cm³/mol. The van der Waals surface area contributed by atoms with Gasteiger partial charge in [-0.2, -0.15) is 0 Å². The van der Waals surface area contributed by atoms with Crippen molar-refractivity contribution >= 4 is 34.8 Å². The summed E-state index contributed by atoms with van der Waals surface area (Å²) in [6.07, 6.45) is 1.70. The van der Waals surface area contributed by atoms with E-state index in [1.807, 2.05) is 18.2 Å². The van der Waals surface area contributed by atoms with Crippen molar-refractivity contribution in [3.05, 3.63) is 82.5 Å². The second kappa shape index (κ2) is 6.82. The first-order chi connectivity index (χ1) is 11.1. The molecular formula is C18H12Cl2N2O. The number of nitrogens with one attached hydrogen (secondary N) is 1. The van der Waals surface area contributed by atoms with Gasteiger partial charge in [-0.3, -0.25) is 9.78 Å². The smallest absolute Gasteiger partial charge is 0.255 e. The Morgan fingerprint density at radius 1 is 0.957 bits per heavy atom. The molecule has 2 aromatic carbocycles. The molecule has 0 aliphatic heterocycles. The standard InChI is InChI=1S/C18H12Cl2N2O/c19-13-6-4-12(5-7-13)18(23)22-14-8-9-16(20)15(11-14)17-3-1-2-10-21-17/h1-11H,(H,22,23). The molecular weight excluding hydrogens is 331 g/mol. The van der Waals surface area contributed by atoms with Crippen molar-refractivity contribution < 1.29 is 4.79 Å². The van der Waals surface area contributed by atoms with E-state index < -0.39 is 0 Å². The SMILES string of the molecule is O=C(Nc1ccc(Cl)c(-c2ccccn2)c1)c1ccc(Cl)cc1. The lowest BCUT2D eigenvalue weighted by Gasteiger charge is -2.09. The second-order valence-corrected chi connectivity index (χ2v) is 5.71. The van der Waals surface area contributed by atoms with Crippen molar-refractivity contribution in [3.63, 3.8) is 0 Å². The van der Waals surface area contributed by atoms with Crippen molar-refractivity contribution in [1.82, 2.24) is 4.98 Å². The van der Waals surface area contributed by atoms with Crippen LogP contribution in [0.2, 0.25) is 10.0 Å². The molecule has 23 heavy (non-hydrogen) atoms. The first kappa shape index (κ1) is 15.5. The Balaban J connectivity index is 1.86. The summed E-state index contributed by atoms with van der Waals surface area (Å²) in [5, 5.41) is 4.01. The maximum absolute atomic E-state index is 12.3. The number of anilines is 1. The molecule has 3 rings (SSSR count). The highest BCUT2D eigenvalue weighted by molar-refractivity contribution is 6.33. The van der Waals surface area contributed by atoms with Crippen LogP contribution < -0.4 is 5.32 Å². The van der Waals surface area contributed by atoms with Gasteiger partial charge in [-0.25, -0.2) is 0 Å². The summed E-state index contributed by atoms with van der Waals surface area (Å²) in [5.74, 6) is -0.212. The molecule has 0 aliphatic carbocycles. The molecule has 1 amide bonds. The van der Waals surface area contributed by atoms with Crippen LogP contribution in [-0.2, 0) is 0 Å². The van der Waals surface area contributed by atoms with Gasteiger partial charge in [0.05, 0.1) is 10.7 Å². The Labute approximate surface area is 143 Å². The topological polar surface area (TPSA) is 42.0 Å². The predicted octanol–water partition coefficient (Wildman–Crippen LogP) is 5.31. The van der Waals surface area contributed by atoms with Crippen LogP contribution in [-0.4, -0.2) is 10.9 Å². The molecule has 0 bridgehead atoms. The Bertz CT molecular complexity index is 833. The second-order valence-electron chi connectivity index (χ2n) is 4.87. The molecule has 0 atom stereocenters. The Morgan fingerprint density at radius 2 is 1.74 bits per heavy atom. The highest BCUT2D eigenvalue weighted by Gasteiger charge is 2.09. The molecule has 0 saturated carbocycles. The first-order valence-corrected chi connectivity index (χ1v) is 7.67. The van der Waals surface area contributed by atoms with Crippen molar-refractivity contribution in [1.29, 1.82) is 0 Å². The Hall–Kier alpha value is -2.36. The number of rotatable bonds is 3. The molecule has 0 spiro atoms. The third-order valence-corrected chi connectivity index (χ3v) is 3.85. The van der Waals surface area contributed by atoms with Crippen molar-refractivity contribution in [2.75, 3.05) is 5.32 Å². The van der Waals surface area contributed by atoms with E-state index in [1.54, 1.807) is 48.7 Å². The van der Waals surface area contributed by atoms with E-state index in [-0.39, 0.29) is 5.91 Å². The largest absolute Gasteiger partial charge is 0.322 e. The average Bonchev–Trinajstić information content (AvgIpc) is 2.58. The molecule has 0 radical (unpaired) electrons. The molecule has 3 nitrogen and oxygen atoms in total. The highest BCUT2D eigenvalue weighted by Crippen LogP contribution is 2.29. The van der Waals surface area contributed by atoms with E-state index >= 15 is 0 Å². The number of benzene rings is 2. The molecule has 114 valence electrons. The number of pyridine rings is 1. The Morgan fingerprint density at radius 3 is 2.43 bits per heavy atom. The van der Waals surface area contributed by atoms with Gasteiger partial charge >= 0.3 is 0 Å². The van der Waals surface area contributed by atoms with Gasteiger partial charge < -0.3 is 5.32 Å². The van der Waals surface area contributed by atoms with E-state index in [9.17, 15) is 4.79 Å². The lowest BCUT2D eigenvalue weighted by Crippen LogP contribution is -2.11. The fourth-order valence-electron chi connectivity index (χ4n) is 2.13. The van der Waals surface area contributed by atoms with Crippen LogP contribution in [0.1, 0.15) is 10.4 Å². The van der Waals surface area contributed by atoms with Gasteiger partial charge in [0.25, 0.3) is 5.91 Å². The van der Waals surface area contributed by atoms with Gasteiger partial charge in [0.15, 0.2) is 0 Å². The number of amides is 1. The molecule has 1 N–H and O–H groups in total. The zero-order chi connectivity index (χ0) is 16.2. The maximum atomic E-state index is 12.3. The summed E-state index contributed by atoms with van der Waals surface area (Å²) in [4.78, 5) is 16.5. The van der Waals surface area contributed by atoms with Crippen molar-refractivity contribution in [2.24, 2.45) is 0 Å². The van der Waals surface area contributed by atoms with Gasteiger partial charge in [-0.05, 0) is 54.6 Å². The number of aromatic nitrogens is 1. The molecule has 0 saturated heterocycles. The summed E-state index contributed by atoms with van der Waals surface area (Å²) < 4.78 is 0. The molecule has 1 aromatic heterocycles. The van der Waals surface area contributed by atoms with Gasteiger partial charge in [-0.1, -0.05) is 29.3 Å². The zero-order valence-corrected chi connectivity index (χ0v) is 13.5. The van der Waals surface area contributed by atoms with Crippen LogP contribution in [0.5, 0.6) is 0 Å². The van der Waals surface area contributed by atoms with Crippen LogP contribution in [0, 0.1) is 0 Å². The monoisotopic (exact) mass is 342 g/mol. The molecule has 0 fully saturated rings. The lowest BCUT2D eigenvalue weighted by atomic mass is 10.1. The highest BCUT2D eigenvalue weighted by atomic mass is 35.5. The van der Waals surface area contributed by atoms with E-state index in [0.29, 0.717) is 21.3 Å². The molecule has 0 aliphatic rings. The fraction of sp³-hybridized carbons (Fsp3) is 0. The first-order valence-electron chi connectivity index (χ1n) is 6.91. The summed E-state index contributed by atoms with van der Waals surface area (Å²) in [7, 11) is 0. The minimum absolute atomic E-state index is 0.212.